The van der Waals surface area contributed by atoms with Crippen molar-refractivity contribution in [2.75, 3.05) is 17.1 Å². The van der Waals surface area contributed by atoms with E-state index in [1.54, 1.807) is 12.1 Å². The van der Waals surface area contributed by atoms with Gasteiger partial charge in [-0.3, -0.25) is 13.9 Å². The maximum absolute atomic E-state index is 14.1. The Morgan fingerprint density at radius 3 is 2.10 bits per heavy atom. The van der Waals surface area contributed by atoms with E-state index in [0.29, 0.717) is 12.1 Å². The third kappa shape index (κ3) is 8.42. The van der Waals surface area contributed by atoms with E-state index in [1.807, 2.05) is 95.3 Å². The van der Waals surface area contributed by atoms with E-state index >= 15 is 0 Å². The predicted molar refractivity (Wildman–Crippen MR) is 157 cm³/mol. The van der Waals surface area contributed by atoms with Gasteiger partial charge in [0.05, 0.1) is 11.9 Å². The number of benzene rings is 3. The molecule has 3 aromatic rings. The number of sulfonamides is 1. The van der Waals surface area contributed by atoms with E-state index in [0.717, 1.165) is 38.4 Å². The average molecular weight is 550 g/mol. The SMILES string of the molecule is Cc1cccc(CN(C(=O)CN(c2ccc(C)c(C)c2)S(C)(=O)=O)C(Cc2ccccc2)C(=O)NC(C)C)c1. The summed E-state index contributed by atoms with van der Waals surface area (Å²) in [5.41, 5.74) is 5.14. The van der Waals surface area contributed by atoms with Crippen molar-refractivity contribution in [2.45, 2.75) is 59.7 Å². The standard InChI is InChI=1S/C31H39N3O4S/c1-22(2)32-31(36)29(19-26-12-8-7-9-13-26)33(20-27-14-10-11-23(3)17-27)30(35)21-34(39(6,37)38)28-16-15-24(4)25(5)18-28/h7-18,22,29H,19-21H2,1-6H3,(H,32,36). The molecule has 0 fully saturated rings. The number of rotatable bonds is 11. The van der Waals surface area contributed by atoms with Gasteiger partial charge in [0, 0.05) is 19.0 Å². The van der Waals surface area contributed by atoms with Gasteiger partial charge in [0.2, 0.25) is 21.8 Å². The molecule has 0 aliphatic carbocycles. The van der Waals surface area contributed by atoms with E-state index < -0.39 is 28.5 Å². The van der Waals surface area contributed by atoms with Crippen molar-refractivity contribution in [3.63, 3.8) is 0 Å². The summed E-state index contributed by atoms with van der Waals surface area (Å²) in [6, 6.07) is 21.6. The molecule has 0 bridgehead atoms. The Morgan fingerprint density at radius 1 is 0.846 bits per heavy atom. The Kier molecular flexibility index (Phi) is 9.92. The highest BCUT2D eigenvalue weighted by Gasteiger charge is 2.33. The largest absolute Gasteiger partial charge is 0.352 e. The molecule has 0 aliphatic rings. The van der Waals surface area contributed by atoms with Gasteiger partial charge in [-0.05, 0) is 69.0 Å². The summed E-state index contributed by atoms with van der Waals surface area (Å²) < 4.78 is 26.9. The fourth-order valence-electron chi connectivity index (χ4n) is 4.44. The van der Waals surface area contributed by atoms with Crippen LogP contribution in [0.5, 0.6) is 0 Å². The molecule has 1 unspecified atom stereocenters. The van der Waals surface area contributed by atoms with Crippen LogP contribution in [-0.4, -0.2) is 50.0 Å². The monoisotopic (exact) mass is 549 g/mol. The zero-order chi connectivity index (χ0) is 28.7. The van der Waals surface area contributed by atoms with Gasteiger partial charge in [-0.2, -0.15) is 0 Å². The first-order valence-corrected chi connectivity index (χ1v) is 14.9. The summed E-state index contributed by atoms with van der Waals surface area (Å²) >= 11 is 0. The molecule has 0 saturated carbocycles. The molecule has 0 aliphatic heterocycles. The van der Waals surface area contributed by atoms with Crippen LogP contribution < -0.4 is 9.62 Å². The first kappa shape index (κ1) is 29.9. The van der Waals surface area contributed by atoms with Crippen LogP contribution in [0.25, 0.3) is 0 Å². The molecule has 2 amide bonds. The number of anilines is 1. The minimum absolute atomic E-state index is 0.130. The molecule has 208 valence electrons. The van der Waals surface area contributed by atoms with Crippen molar-refractivity contribution in [3.8, 4) is 0 Å². The molecule has 8 heteroatoms. The quantitative estimate of drug-likeness (QED) is 0.380. The predicted octanol–water partition coefficient (Wildman–Crippen LogP) is 4.54. The summed E-state index contributed by atoms with van der Waals surface area (Å²) in [5.74, 6) is -0.744. The zero-order valence-electron chi connectivity index (χ0n) is 23.6. The lowest BCUT2D eigenvalue weighted by Gasteiger charge is -2.34. The van der Waals surface area contributed by atoms with Gasteiger partial charge in [0.1, 0.15) is 12.6 Å². The first-order valence-electron chi connectivity index (χ1n) is 13.1. The molecule has 0 saturated heterocycles. The van der Waals surface area contributed by atoms with Crippen LogP contribution in [0.2, 0.25) is 0 Å². The van der Waals surface area contributed by atoms with E-state index in [-0.39, 0.29) is 18.5 Å². The number of hydrogen-bond donors (Lipinski definition) is 1. The molecule has 3 aromatic carbocycles. The highest BCUT2D eigenvalue weighted by Crippen LogP contribution is 2.23. The summed E-state index contributed by atoms with van der Waals surface area (Å²) in [5, 5.41) is 2.96. The molecule has 0 heterocycles. The van der Waals surface area contributed by atoms with Crippen LogP contribution in [0.1, 0.15) is 41.7 Å². The number of hydrogen-bond acceptors (Lipinski definition) is 4. The summed E-state index contributed by atoms with van der Waals surface area (Å²) in [6.45, 7) is 9.29. The van der Waals surface area contributed by atoms with Crippen LogP contribution in [-0.2, 0) is 32.6 Å². The second-order valence-corrected chi connectivity index (χ2v) is 12.3. The maximum atomic E-state index is 14.1. The van der Waals surface area contributed by atoms with Gasteiger partial charge < -0.3 is 10.2 Å². The highest BCUT2D eigenvalue weighted by atomic mass is 32.2. The van der Waals surface area contributed by atoms with Crippen LogP contribution >= 0.6 is 0 Å². The second kappa shape index (κ2) is 12.9. The molecule has 0 spiro atoms. The van der Waals surface area contributed by atoms with Gasteiger partial charge in [-0.25, -0.2) is 8.42 Å². The zero-order valence-corrected chi connectivity index (χ0v) is 24.5. The number of carbonyl (C=O) groups excluding carboxylic acids is 2. The Labute approximate surface area is 232 Å². The van der Waals surface area contributed by atoms with Gasteiger partial charge in [0.15, 0.2) is 0 Å². The van der Waals surface area contributed by atoms with Crippen LogP contribution in [0.15, 0.2) is 72.8 Å². The first-order chi connectivity index (χ1) is 18.3. The molecule has 0 radical (unpaired) electrons. The van der Waals surface area contributed by atoms with Crippen molar-refractivity contribution >= 4 is 27.5 Å². The van der Waals surface area contributed by atoms with Crippen molar-refractivity contribution in [1.82, 2.24) is 10.2 Å². The Morgan fingerprint density at radius 2 is 1.51 bits per heavy atom. The third-order valence-electron chi connectivity index (χ3n) is 6.60. The fraction of sp³-hybridized carbons (Fsp3) is 0.355. The van der Waals surface area contributed by atoms with Crippen molar-refractivity contribution in [3.05, 3.63) is 101 Å². The summed E-state index contributed by atoms with van der Waals surface area (Å²) in [7, 11) is -3.79. The van der Waals surface area contributed by atoms with Crippen molar-refractivity contribution < 1.29 is 18.0 Å². The Balaban J connectivity index is 2.07. The summed E-state index contributed by atoms with van der Waals surface area (Å²) in [6.07, 6.45) is 1.38. The van der Waals surface area contributed by atoms with E-state index in [4.69, 9.17) is 0 Å². The molecule has 7 nitrogen and oxygen atoms in total. The van der Waals surface area contributed by atoms with E-state index in [1.165, 1.54) is 4.90 Å². The molecular formula is C31H39N3O4S. The summed E-state index contributed by atoms with van der Waals surface area (Å²) in [4.78, 5) is 29.1. The van der Waals surface area contributed by atoms with Gasteiger partial charge in [-0.1, -0.05) is 66.2 Å². The van der Waals surface area contributed by atoms with Gasteiger partial charge >= 0.3 is 0 Å². The lowest BCUT2D eigenvalue weighted by molar-refractivity contribution is -0.140. The molecule has 1 atom stereocenters. The van der Waals surface area contributed by atoms with Crippen molar-refractivity contribution in [2.24, 2.45) is 0 Å². The fourth-order valence-corrected chi connectivity index (χ4v) is 5.28. The van der Waals surface area contributed by atoms with Crippen LogP contribution in [0, 0.1) is 20.8 Å². The van der Waals surface area contributed by atoms with Gasteiger partial charge in [0.25, 0.3) is 0 Å². The normalized spacial score (nSPS) is 12.2. The van der Waals surface area contributed by atoms with Crippen LogP contribution in [0.3, 0.4) is 0 Å². The minimum Gasteiger partial charge on any atom is -0.352 e. The van der Waals surface area contributed by atoms with Crippen LogP contribution in [0.4, 0.5) is 5.69 Å². The number of nitrogens with one attached hydrogen (secondary N) is 1. The number of aryl methyl sites for hydroxylation is 3. The number of carbonyl (C=O) groups is 2. The molecule has 0 aromatic heterocycles. The number of amides is 2. The minimum atomic E-state index is -3.79. The highest BCUT2D eigenvalue weighted by molar-refractivity contribution is 7.92. The Hall–Kier alpha value is -3.65. The third-order valence-corrected chi connectivity index (χ3v) is 7.74. The Bertz CT molecular complexity index is 1400. The van der Waals surface area contributed by atoms with Gasteiger partial charge in [-0.15, -0.1) is 0 Å². The smallest absolute Gasteiger partial charge is 0.244 e. The van der Waals surface area contributed by atoms with E-state index in [2.05, 4.69) is 5.32 Å². The molecule has 1 N–H and O–H groups in total. The average Bonchev–Trinajstić information content (AvgIpc) is 2.86. The number of nitrogens with zero attached hydrogens (tertiary/aromatic N) is 2. The van der Waals surface area contributed by atoms with E-state index in [9.17, 15) is 18.0 Å². The molecular weight excluding hydrogens is 510 g/mol. The second-order valence-electron chi connectivity index (χ2n) is 10.4. The molecule has 3 rings (SSSR count). The van der Waals surface area contributed by atoms with Crippen molar-refractivity contribution in [1.29, 1.82) is 0 Å². The molecule has 39 heavy (non-hydrogen) atoms. The maximum Gasteiger partial charge on any atom is 0.244 e. The lowest BCUT2D eigenvalue weighted by atomic mass is 10.0. The lowest BCUT2D eigenvalue weighted by Crippen LogP contribution is -2.54. The topological polar surface area (TPSA) is 86.8 Å².